The van der Waals surface area contributed by atoms with E-state index in [1.54, 1.807) is 17.5 Å². The summed E-state index contributed by atoms with van der Waals surface area (Å²) in [6, 6.07) is 3.46. The number of thiophene rings is 1. The zero-order valence-electron chi connectivity index (χ0n) is 10.7. The smallest absolute Gasteiger partial charge is 0.379 e. The maximum Gasteiger partial charge on any atom is 3.00 e. The Kier molecular flexibility index (Phi) is 10.3. The number of carbonyl (C=O) groups is 1. The quantitative estimate of drug-likeness (QED) is 0.798. The topological polar surface area (TPSA) is 38.3 Å². The van der Waals surface area contributed by atoms with Crippen LogP contribution in [-0.4, -0.2) is 38.3 Å². The molecule has 1 aliphatic heterocycles. The average molecular weight is 396 g/mol. The van der Waals surface area contributed by atoms with Gasteiger partial charge in [-0.25, -0.2) is 0 Å². The van der Waals surface area contributed by atoms with Crippen molar-refractivity contribution in [2.24, 2.45) is 0 Å². The second kappa shape index (κ2) is 10.4. The third-order valence-electron chi connectivity index (χ3n) is 2.34. The zero-order chi connectivity index (χ0) is 14.1. The molecule has 1 aromatic rings. The van der Waals surface area contributed by atoms with Gasteiger partial charge in [0.25, 0.3) is 0 Å². The molecule has 0 bridgehead atoms. The molecule has 0 aliphatic carbocycles. The van der Waals surface area contributed by atoms with Crippen molar-refractivity contribution >= 4 is 17.1 Å². The Morgan fingerprint density at radius 1 is 1.35 bits per heavy atom. The fourth-order valence-corrected chi connectivity index (χ4v) is 2.06. The summed E-state index contributed by atoms with van der Waals surface area (Å²) >= 11 is 1.36. The molecule has 1 saturated heterocycles. The Morgan fingerprint density at radius 3 is 2.35 bits per heavy atom. The first-order chi connectivity index (χ1) is 9.00. The van der Waals surface area contributed by atoms with E-state index in [1.165, 1.54) is 11.3 Å². The first-order valence-electron chi connectivity index (χ1n) is 5.91. The summed E-state index contributed by atoms with van der Waals surface area (Å²) in [7, 11) is 0. The molecule has 0 spiro atoms. The van der Waals surface area contributed by atoms with E-state index in [0.29, 0.717) is 0 Å². The molecule has 3 nitrogen and oxygen atoms in total. The Labute approximate surface area is 132 Å². The van der Waals surface area contributed by atoms with Crippen LogP contribution in [0.1, 0.15) is 11.3 Å². The van der Waals surface area contributed by atoms with E-state index in [0.717, 1.165) is 31.2 Å². The first-order valence-corrected chi connectivity index (χ1v) is 6.79. The number of hydrogen-bond donors (Lipinski definition) is 1. The monoisotopic (exact) mass is 397 g/mol. The molecule has 0 amide bonds. The number of nitrogens with one attached hydrogen (secondary N) is 1. The van der Waals surface area contributed by atoms with Gasteiger partial charge in [-0.2, -0.15) is 13.2 Å². The second-order valence-corrected chi connectivity index (χ2v) is 4.89. The third kappa shape index (κ3) is 8.79. The fourth-order valence-electron chi connectivity index (χ4n) is 1.35. The van der Waals surface area contributed by atoms with Gasteiger partial charge in [0.05, 0.1) is 13.2 Å². The maximum absolute atomic E-state index is 11.7. The fraction of sp³-hybridized carbons (Fsp3) is 0.583. The van der Waals surface area contributed by atoms with Gasteiger partial charge in [0, 0.05) is 24.4 Å². The third-order valence-corrected chi connectivity index (χ3v) is 3.28. The Hall–Kier alpha value is -0.297. The minimum Gasteiger partial charge on any atom is -0.379 e. The molecule has 0 aromatic carbocycles. The zero-order valence-corrected chi connectivity index (χ0v) is 13.2. The van der Waals surface area contributed by atoms with Crippen LogP contribution < -0.4 is 5.32 Å². The Balaban J connectivity index is 0.000000434. The van der Waals surface area contributed by atoms with E-state index in [9.17, 15) is 18.0 Å². The van der Waals surface area contributed by atoms with Gasteiger partial charge < -0.3 is 10.1 Å². The molecular formula is C12H16F3NO2RuS+3. The van der Waals surface area contributed by atoms with Gasteiger partial charge in [-0.15, -0.1) is 11.3 Å². The van der Waals surface area contributed by atoms with Gasteiger partial charge in [-0.3, -0.25) is 4.79 Å². The van der Waals surface area contributed by atoms with E-state index >= 15 is 0 Å². The van der Waals surface area contributed by atoms with E-state index in [2.05, 4.69) is 5.32 Å². The number of aryl methyl sites for hydroxylation is 1. The molecule has 20 heavy (non-hydrogen) atoms. The van der Waals surface area contributed by atoms with Crippen LogP contribution in [0.4, 0.5) is 13.2 Å². The number of alkyl halides is 3. The number of halogens is 3. The second-order valence-electron chi connectivity index (χ2n) is 3.86. The number of hydrogen-bond acceptors (Lipinski definition) is 4. The molecule has 1 N–H and O–H groups in total. The SMILES string of the molecule is C1COCCN1.O=C(CCc1cccs1)C(F)(F)F.[Ru+3]. The molecule has 1 fully saturated rings. The molecule has 0 saturated carbocycles. The molecule has 0 atom stereocenters. The van der Waals surface area contributed by atoms with Crippen LogP contribution in [0.5, 0.6) is 0 Å². The summed E-state index contributed by atoms with van der Waals surface area (Å²) < 4.78 is 40.2. The number of carbonyl (C=O) groups excluding carboxylic acids is 1. The summed E-state index contributed by atoms with van der Waals surface area (Å²) in [4.78, 5) is 11.2. The van der Waals surface area contributed by atoms with Crippen molar-refractivity contribution in [2.45, 2.75) is 19.0 Å². The van der Waals surface area contributed by atoms with Gasteiger partial charge >= 0.3 is 25.7 Å². The largest absolute Gasteiger partial charge is 3.00 e. The van der Waals surface area contributed by atoms with E-state index in [-0.39, 0.29) is 25.9 Å². The molecule has 1 aliphatic rings. The number of ketones is 1. The predicted octanol–water partition coefficient (Wildman–Crippen LogP) is 2.42. The van der Waals surface area contributed by atoms with Crippen LogP contribution in [0.15, 0.2) is 17.5 Å². The Bertz CT molecular complexity index is 356. The van der Waals surface area contributed by atoms with E-state index in [1.807, 2.05) is 0 Å². The van der Waals surface area contributed by atoms with Crippen molar-refractivity contribution in [2.75, 3.05) is 26.3 Å². The molecule has 1 aromatic heterocycles. The van der Waals surface area contributed by atoms with Crippen LogP contribution in [-0.2, 0) is 35.4 Å². The summed E-state index contributed by atoms with van der Waals surface area (Å²) in [5.74, 6) is -1.65. The van der Waals surface area contributed by atoms with Crippen molar-refractivity contribution < 1.29 is 42.2 Å². The Morgan fingerprint density at radius 2 is 2.00 bits per heavy atom. The van der Waals surface area contributed by atoms with Gasteiger partial charge in [-0.1, -0.05) is 6.07 Å². The van der Waals surface area contributed by atoms with Crippen molar-refractivity contribution in [3.05, 3.63) is 22.4 Å². The van der Waals surface area contributed by atoms with Crippen LogP contribution in [0.3, 0.4) is 0 Å². The summed E-state index contributed by atoms with van der Waals surface area (Å²) in [6.07, 6.45) is -4.96. The van der Waals surface area contributed by atoms with Crippen molar-refractivity contribution in [1.82, 2.24) is 5.32 Å². The van der Waals surface area contributed by atoms with Gasteiger partial charge in [0.1, 0.15) is 0 Å². The molecule has 113 valence electrons. The summed E-state index contributed by atoms with van der Waals surface area (Å²) in [6.45, 7) is 3.83. The number of ether oxygens (including phenoxy) is 1. The first kappa shape index (κ1) is 19.7. The molecule has 2 rings (SSSR count). The molecular weight excluding hydrogens is 380 g/mol. The molecule has 1 radical (unpaired) electrons. The maximum atomic E-state index is 11.7. The average Bonchev–Trinajstić information content (AvgIpc) is 2.91. The van der Waals surface area contributed by atoms with Crippen LogP contribution in [0.25, 0.3) is 0 Å². The standard InChI is InChI=1S/C8H7F3OS.C4H9NO.Ru/c9-8(10,11)7(12)4-3-6-2-1-5-13-6;1-3-6-4-2-5-1;/h1-2,5H,3-4H2;5H,1-4H2;/q;;+3. The van der Waals surface area contributed by atoms with E-state index in [4.69, 9.17) is 4.74 Å². The van der Waals surface area contributed by atoms with Crippen molar-refractivity contribution in [3.8, 4) is 0 Å². The van der Waals surface area contributed by atoms with Gasteiger partial charge in [0.15, 0.2) is 0 Å². The number of rotatable bonds is 3. The number of Topliss-reactive ketones (excluding diaryl/α,β-unsaturated/α-hetero) is 1. The van der Waals surface area contributed by atoms with Crippen LogP contribution in [0.2, 0.25) is 0 Å². The molecule has 0 unspecified atom stereocenters. The molecule has 8 heteroatoms. The minimum absolute atomic E-state index is 0. The van der Waals surface area contributed by atoms with Gasteiger partial charge in [-0.05, 0) is 17.9 Å². The molecule has 2 heterocycles. The van der Waals surface area contributed by atoms with Gasteiger partial charge in [0.2, 0.25) is 5.78 Å². The normalized spacial score (nSPS) is 14.8. The number of morpholine rings is 1. The minimum atomic E-state index is -4.68. The van der Waals surface area contributed by atoms with Crippen molar-refractivity contribution in [1.29, 1.82) is 0 Å². The summed E-state index contributed by atoms with van der Waals surface area (Å²) in [5, 5.41) is 4.93. The van der Waals surface area contributed by atoms with E-state index < -0.39 is 18.4 Å². The van der Waals surface area contributed by atoms with Crippen LogP contribution in [0, 0.1) is 0 Å². The van der Waals surface area contributed by atoms with Crippen molar-refractivity contribution in [3.63, 3.8) is 0 Å². The van der Waals surface area contributed by atoms with Crippen LogP contribution >= 0.6 is 11.3 Å². The predicted molar refractivity (Wildman–Crippen MR) is 67.4 cm³/mol. The summed E-state index contributed by atoms with van der Waals surface area (Å²) in [5.41, 5.74) is 0.